The Kier molecular flexibility index (Phi) is 5.30. The lowest BCUT2D eigenvalue weighted by Crippen LogP contribution is -2.32. The van der Waals surface area contributed by atoms with Gasteiger partial charge in [0.15, 0.2) is 0 Å². The average molecular weight is 359 g/mol. The quantitative estimate of drug-likeness (QED) is 0.796. The minimum atomic E-state index is -0.115. The first-order valence-corrected chi connectivity index (χ1v) is 8.90. The van der Waals surface area contributed by atoms with E-state index in [4.69, 9.17) is 22.1 Å². The average Bonchev–Trinajstić information content (AvgIpc) is 3.40. The van der Waals surface area contributed by atoms with E-state index in [-0.39, 0.29) is 11.3 Å². The third kappa shape index (κ3) is 4.14. The number of ether oxygens (including phenoxy) is 1. The molecule has 1 aliphatic rings. The van der Waals surface area contributed by atoms with Gasteiger partial charge in [0, 0.05) is 23.5 Å². The van der Waals surface area contributed by atoms with Gasteiger partial charge in [0.1, 0.15) is 12.4 Å². The number of carbonyl (C=O) groups excluding carboxylic acids is 1. The fourth-order valence-corrected chi connectivity index (χ4v) is 3.11. The molecule has 1 aliphatic carbocycles. The van der Waals surface area contributed by atoms with Crippen molar-refractivity contribution in [3.63, 3.8) is 0 Å². The molecule has 2 aromatic carbocycles. The highest BCUT2D eigenvalue weighted by Gasteiger charge is 2.44. The molecule has 132 valence electrons. The summed E-state index contributed by atoms with van der Waals surface area (Å²) in [6.45, 7) is 3.37. The molecule has 0 aromatic heterocycles. The van der Waals surface area contributed by atoms with E-state index >= 15 is 0 Å². The summed E-state index contributed by atoms with van der Waals surface area (Å²) in [6.07, 6.45) is 2.14. The molecule has 2 aromatic rings. The van der Waals surface area contributed by atoms with Gasteiger partial charge < -0.3 is 15.8 Å². The van der Waals surface area contributed by atoms with Crippen LogP contribution < -0.4 is 15.8 Å². The molecule has 5 heteroatoms. The summed E-state index contributed by atoms with van der Waals surface area (Å²) in [6, 6.07) is 13.5. The number of aryl methyl sites for hydroxylation is 1. The summed E-state index contributed by atoms with van der Waals surface area (Å²) in [4.78, 5) is 12.7. The largest absolute Gasteiger partial charge is 0.491 e. The van der Waals surface area contributed by atoms with Crippen LogP contribution in [0.4, 0.5) is 0 Å². The Labute approximate surface area is 153 Å². The van der Waals surface area contributed by atoms with Crippen molar-refractivity contribution in [2.24, 2.45) is 5.73 Å². The molecule has 4 nitrogen and oxygen atoms in total. The molecule has 0 bridgehead atoms. The second kappa shape index (κ2) is 7.46. The van der Waals surface area contributed by atoms with Crippen molar-refractivity contribution in [3.8, 4) is 5.75 Å². The fraction of sp³-hybridized carbons (Fsp3) is 0.350. The van der Waals surface area contributed by atoms with Crippen molar-refractivity contribution in [1.29, 1.82) is 0 Å². The fourth-order valence-electron chi connectivity index (χ4n) is 2.98. The lowest BCUT2D eigenvalue weighted by molar-refractivity contribution is 0.0945. The second-order valence-corrected chi connectivity index (χ2v) is 7.04. The van der Waals surface area contributed by atoms with Crippen LogP contribution in [-0.2, 0) is 5.41 Å². The highest BCUT2D eigenvalue weighted by atomic mass is 35.5. The third-order valence-electron chi connectivity index (χ3n) is 4.65. The molecule has 3 rings (SSSR count). The van der Waals surface area contributed by atoms with Gasteiger partial charge in [-0.2, -0.15) is 0 Å². The van der Waals surface area contributed by atoms with Crippen LogP contribution in [0.25, 0.3) is 0 Å². The SMILES string of the molecule is Cc1ccc(OCCN)c(C(=O)NCC2(c3ccc(Cl)cc3)CC2)c1. The lowest BCUT2D eigenvalue weighted by atomic mass is 9.96. The molecule has 0 spiro atoms. The van der Waals surface area contributed by atoms with E-state index in [1.807, 2.05) is 49.4 Å². The molecule has 0 saturated heterocycles. The number of nitrogens with one attached hydrogen (secondary N) is 1. The number of hydrogen-bond acceptors (Lipinski definition) is 3. The van der Waals surface area contributed by atoms with E-state index in [1.54, 1.807) is 0 Å². The molecule has 0 unspecified atom stereocenters. The predicted octanol–water partition coefficient (Wildman–Crippen LogP) is 3.45. The molecular formula is C20H23ClN2O2. The number of rotatable bonds is 7. The number of carbonyl (C=O) groups is 1. The summed E-state index contributed by atoms with van der Waals surface area (Å²) < 4.78 is 5.61. The van der Waals surface area contributed by atoms with E-state index in [1.165, 1.54) is 5.56 Å². The van der Waals surface area contributed by atoms with Crippen LogP contribution in [0, 0.1) is 6.92 Å². The maximum absolute atomic E-state index is 12.7. The Balaban J connectivity index is 1.70. The van der Waals surface area contributed by atoms with Crippen LogP contribution in [-0.4, -0.2) is 25.6 Å². The zero-order valence-electron chi connectivity index (χ0n) is 14.3. The summed E-state index contributed by atoms with van der Waals surface area (Å²) in [5.41, 5.74) is 8.32. The van der Waals surface area contributed by atoms with Gasteiger partial charge in [0.25, 0.3) is 5.91 Å². The number of benzene rings is 2. The van der Waals surface area contributed by atoms with Gasteiger partial charge in [-0.25, -0.2) is 0 Å². The van der Waals surface area contributed by atoms with Crippen molar-refractivity contribution in [3.05, 3.63) is 64.2 Å². The Hall–Kier alpha value is -2.04. The van der Waals surface area contributed by atoms with Crippen molar-refractivity contribution in [2.45, 2.75) is 25.2 Å². The molecular weight excluding hydrogens is 336 g/mol. The number of nitrogens with two attached hydrogens (primary N) is 1. The Bertz CT molecular complexity index is 755. The molecule has 0 radical (unpaired) electrons. The summed E-state index contributed by atoms with van der Waals surface area (Å²) in [7, 11) is 0. The number of hydrogen-bond donors (Lipinski definition) is 2. The van der Waals surface area contributed by atoms with Crippen molar-refractivity contribution < 1.29 is 9.53 Å². The molecule has 1 fully saturated rings. The smallest absolute Gasteiger partial charge is 0.255 e. The number of halogens is 1. The van der Waals surface area contributed by atoms with Gasteiger partial charge in [-0.15, -0.1) is 0 Å². The van der Waals surface area contributed by atoms with Gasteiger partial charge >= 0.3 is 0 Å². The predicted molar refractivity (Wildman–Crippen MR) is 100 cm³/mol. The zero-order valence-corrected chi connectivity index (χ0v) is 15.1. The van der Waals surface area contributed by atoms with Gasteiger partial charge in [-0.3, -0.25) is 4.79 Å². The number of amides is 1. The van der Waals surface area contributed by atoms with E-state index in [0.717, 1.165) is 23.4 Å². The topological polar surface area (TPSA) is 64.3 Å². The molecule has 0 heterocycles. The van der Waals surface area contributed by atoms with Crippen LogP contribution in [0.1, 0.15) is 34.3 Å². The van der Waals surface area contributed by atoms with Crippen LogP contribution in [0.2, 0.25) is 5.02 Å². The maximum Gasteiger partial charge on any atom is 0.255 e. The second-order valence-electron chi connectivity index (χ2n) is 6.61. The minimum Gasteiger partial charge on any atom is -0.491 e. The van der Waals surface area contributed by atoms with Crippen molar-refractivity contribution in [1.82, 2.24) is 5.32 Å². The molecule has 0 aliphatic heterocycles. The molecule has 0 atom stereocenters. The third-order valence-corrected chi connectivity index (χ3v) is 4.90. The standard InChI is InChI=1S/C20H23ClN2O2/c1-14-2-7-18(25-11-10-22)17(12-14)19(24)23-13-20(8-9-20)15-3-5-16(21)6-4-15/h2-7,12H,8-11,13,22H2,1H3,(H,23,24). The monoisotopic (exact) mass is 358 g/mol. The van der Waals surface area contributed by atoms with Gasteiger partial charge in [-0.1, -0.05) is 35.4 Å². The van der Waals surface area contributed by atoms with Gasteiger partial charge in [0.05, 0.1) is 5.56 Å². The first-order chi connectivity index (χ1) is 12.0. The van der Waals surface area contributed by atoms with E-state index in [9.17, 15) is 4.79 Å². The Morgan fingerprint density at radius 3 is 2.60 bits per heavy atom. The first-order valence-electron chi connectivity index (χ1n) is 8.52. The van der Waals surface area contributed by atoms with E-state index < -0.39 is 0 Å². The van der Waals surface area contributed by atoms with Crippen molar-refractivity contribution in [2.75, 3.05) is 19.7 Å². The summed E-state index contributed by atoms with van der Waals surface area (Å²) in [5.74, 6) is 0.459. The normalized spacial score (nSPS) is 14.8. The van der Waals surface area contributed by atoms with Crippen LogP contribution in [0.3, 0.4) is 0 Å². The molecule has 1 saturated carbocycles. The first kappa shape index (κ1) is 17.8. The lowest BCUT2D eigenvalue weighted by Gasteiger charge is -2.18. The van der Waals surface area contributed by atoms with Gasteiger partial charge in [-0.05, 0) is 49.6 Å². The molecule has 3 N–H and O–H groups in total. The summed E-state index contributed by atoms with van der Waals surface area (Å²) >= 11 is 5.97. The summed E-state index contributed by atoms with van der Waals surface area (Å²) in [5, 5.41) is 3.80. The molecule has 1 amide bonds. The molecule has 25 heavy (non-hydrogen) atoms. The van der Waals surface area contributed by atoms with Gasteiger partial charge in [0.2, 0.25) is 0 Å². The van der Waals surface area contributed by atoms with E-state index in [0.29, 0.717) is 31.0 Å². The van der Waals surface area contributed by atoms with Crippen LogP contribution >= 0.6 is 11.6 Å². The van der Waals surface area contributed by atoms with Crippen LogP contribution in [0.15, 0.2) is 42.5 Å². The zero-order chi connectivity index (χ0) is 17.9. The van der Waals surface area contributed by atoms with Crippen LogP contribution in [0.5, 0.6) is 5.75 Å². The highest BCUT2D eigenvalue weighted by Crippen LogP contribution is 2.47. The minimum absolute atomic E-state index is 0.0301. The Morgan fingerprint density at radius 1 is 1.24 bits per heavy atom. The Morgan fingerprint density at radius 2 is 1.96 bits per heavy atom. The maximum atomic E-state index is 12.7. The van der Waals surface area contributed by atoms with Crippen molar-refractivity contribution >= 4 is 17.5 Å². The highest BCUT2D eigenvalue weighted by molar-refractivity contribution is 6.30. The van der Waals surface area contributed by atoms with E-state index in [2.05, 4.69) is 5.32 Å².